The highest BCUT2D eigenvalue weighted by Crippen LogP contribution is 2.28. The fourth-order valence-corrected chi connectivity index (χ4v) is 2.74. The molecule has 0 fully saturated rings. The number of hydrogen-bond donors (Lipinski definition) is 0. The molecule has 0 amide bonds. The van der Waals surface area contributed by atoms with E-state index in [-0.39, 0.29) is 0 Å². The first-order valence-corrected chi connectivity index (χ1v) is 8.54. The maximum atomic E-state index is 11.4. The summed E-state index contributed by atoms with van der Waals surface area (Å²) >= 11 is 6.05. The molecular formula is C21H16ClNO4. The molecule has 0 radical (unpaired) electrons. The Morgan fingerprint density at radius 3 is 2.37 bits per heavy atom. The van der Waals surface area contributed by atoms with Crippen molar-refractivity contribution in [3.63, 3.8) is 0 Å². The molecule has 5 nitrogen and oxygen atoms in total. The lowest BCUT2D eigenvalue weighted by Crippen LogP contribution is -2.03. The molecule has 0 aliphatic carbocycles. The van der Waals surface area contributed by atoms with Gasteiger partial charge in [0.05, 0.1) is 11.2 Å². The number of carbonyl (C=O) groups excluding carboxylic acids is 2. The maximum Gasteiger partial charge on any atom is 0.308 e. The normalized spacial score (nSPS) is 10.9. The molecule has 1 aromatic heterocycles. The van der Waals surface area contributed by atoms with E-state index in [1.807, 2.05) is 24.3 Å². The number of benzene rings is 2. The molecule has 0 atom stereocenters. The van der Waals surface area contributed by atoms with E-state index in [2.05, 4.69) is 4.98 Å². The number of aromatic nitrogens is 1. The van der Waals surface area contributed by atoms with Gasteiger partial charge in [-0.05, 0) is 42.5 Å². The van der Waals surface area contributed by atoms with Crippen LogP contribution in [0.1, 0.15) is 25.1 Å². The number of esters is 2. The summed E-state index contributed by atoms with van der Waals surface area (Å²) in [5.74, 6) is -0.00980. The number of pyridine rings is 1. The molecule has 136 valence electrons. The van der Waals surface area contributed by atoms with Crippen molar-refractivity contribution in [1.82, 2.24) is 4.98 Å². The van der Waals surface area contributed by atoms with Gasteiger partial charge in [0, 0.05) is 35.9 Å². The summed E-state index contributed by atoms with van der Waals surface area (Å²) in [4.78, 5) is 27.2. The van der Waals surface area contributed by atoms with E-state index in [9.17, 15) is 9.59 Å². The number of rotatable bonds is 4. The van der Waals surface area contributed by atoms with Gasteiger partial charge in [0.15, 0.2) is 0 Å². The Kier molecular flexibility index (Phi) is 5.52. The van der Waals surface area contributed by atoms with Gasteiger partial charge in [-0.3, -0.25) is 9.59 Å². The Hall–Kier alpha value is -3.18. The number of nitrogens with zero attached hydrogens (tertiary/aromatic N) is 1. The highest BCUT2D eigenvalue weighted by Gasteiger charge is 2.09. The minimum absolute atomic E-state index is 0.393. The number of carbonyl (C=O) groups is 2. The monoisotopic (exact) mass is 381 g/mol. The molecule has 2 aromatic carbocycles. The van der Waals surface area contributed by atoms with Crippen molar-refractivity contribution in [2.24, 2.45) is 0 Å². The van der Waals surface area contributed by atoms with Gasteiger partial charge in [-0.25, -0.2) is 4.98 Å². The standard InChI is InChI=1S/C21H16ClNO4/c1-13(24)26-20-10-8-16(22)11-15(20)7-9-17-12-21(27-14(2)25)18-5-3-4-6-19(18)23-17/h3-12H,1-2H3. The van der Waals surface area contributed by atoms with E-state index in [1.165, 1.54) is 13.8 Å². The molecule has 6 heteroatoms. The van der Waals surface area contributed by atoms with Crippen molar-refractivity contribution in [2.45, 2.75) is 13.8 Å². The van der Waals surface area contributed by atoms with Crippen LogP contribution in [0, 0.1) is 0 Å². The van der Waals surface area contributed by atoms with Crippen molar-refractivity contribution in [3.05, 3.63) is 64.8 Å². The lowest BCUT2D eigenvalue weighted by molar-refractivity contribution is -0.132. The SMILES string of the molecule is CC(=O)Oc1ccc(Cl)cc1C=Cc1cc(OC(C)=O)c2ccccc2n1. The van der Waals surface area contributed by atoms with Crippen LogP contribution < -0.4 is 9.47 Å². The average molecular weight is 382 g/mol. The molecule has 0 unspecified atom stereocenters. The number of fused-ring (bicyclic) bond motifs is 1. The summed E-state index contributed by atoms with van der Waals surface area (Å²) in [7, 11) is 0. The summed E-state index contributed by atoms with van der Waals surface area (Å²) in [6.07, 6.45) is 3.47. The van der Waals surface area contributed by atoms with E-state index < -0.39 is 11.9 Å². The molecule has 0 N–H and O–H groups in total. The second kappa shape index (κ2) is 8.01. The zero-order chi connectivity index (χ0) is 19.4. The highest BCUT2D eigenvalue weighted by molar-refractivity contribution is 6.30. The fourth-order valence-electron chi connectivity index (χ4n) is 2.56. The van der Waals surface area contributed by atoms with Gasteiger partial charge in [-0.2, -0.15) is 0 Å². The lowest BCUT2D eigenvalue weighted by atomic mass is 10.1. The Balaban J connectivity index is 2.03. The largest absolute Gasteiger partial charge is 0.426 e. The number of hydrogen-bond acceptors (Lipinski definition) is 5. The zero-order valence-electron chi connectivity index (χ0n) is 14.7. The Bertz CT molecular complexity index is 1060. The first-order chi connectivity index (χ1) is 12.9. The van der Waals surface area contributed by atoms with E-state index in [1.54, 1.807) is 36.4 Å². The molecule has 3 aromatic rings. The number of halogens is 1. The van der Waals surface area contributed by atoms with Crippen molar-refractivity contribution in [2.75, 3.05) is 0 Å². The minimum Gasteiger partial charge on any atom is -0.426 e. The van der Waals surface area contributed by atoms with Gasteiger partial charge < -0.3 is 9.47 Å². The van der Waals surface area contributed by atoms with Gasteiger partial charge in [0.1, 0.15) is 11.5 Å². The predicted molar refractivity (Wildman–Crippen MR) is 105 cm³/mol. The van der Waals surface area contributed by atoms with Gasteiger partial charge in [-0.15, -0.1) is 0 Å². The minimum atomic E-state index is -0.423. The zero-order valence-corrected chi connectivity index (χ0v) is 15.5. The molecule has 0 spiro atoms. The number of para-hydroxylation sites is 1. The molecule has 27 heavy (non-hydrogen) atoms. The van der Waals surface area contributed by atoms with Crippen LogP contribution in [0.5, 0.6) is 11.5 Å². The molecule has 0 saturated carbocycles. The lowest BCUT2D eigenvalue weighted by Gasteiger charge is -2.08. The third kappa shape index (κ3) is 4.71. The van der Waals surface area contributed by atoms with E-state index in [0.29, 0.717) is 33.3 Å². The molecule has 1 heterocycles. The smallest absolute Gasteiger partial charge is 0.308 e. The van der Waals surface area contributed by atoms with Crippen LogP contribution in [0.15, 0.2) is 48.5 Å². The van der Waals surface area contributed by atoms with E-state index >= 15 is 0 Å². The summed E-state index contributed by atoms with van der Waals surface area (Å²) < 4.78 is 10.5. The molecular weight excluding hydrogens is 366 g/mol. The van der Waals surface area contributed by atoms with Crippen LogP contribution in [0.4, 0.5) is 0 Å². The fraction of sp³-hybridized carbons (Fsp3) is 0.0952. The van der Waals surface area contributed by atoms with Crippen LogP contribution in [0.25, 0.3) is 23.1 Å². The molecule has 0 bridgehead atoms. The van der Waals surface area contributed by atoms with Gasteiger partial charge >= 0.3 is 11.9 Å². The Labute approximate surface area is 161 Å². The molecule has 3 rings (SSSR count). The van der Waals surface area contributed by atoms with Crippen molar-refractivity contribution >= 4 is 46.6 Å². The van der Waals surface area contributed by atoms with Crippen LogP contribution >= 0.6 is 11.6 Å². The van der Waals surface area contributed by atoms with Gasteiger partial charge in [0.2, 0.25) is 0 Å². The number of ether oxygens (including phenoxy) is 2. The maximum absolute atomic E-state index is 11.4. The summed E-state index contributed by atoms with van der Waals surface area (Å²) in [6.45, 7) is 2.68. The topological polar surface area (TPSA) is 65.5 Å². The molecule has 0 aliphatic heterocycles. The van der Waals surface area contributed by atoms with Crippen molar-refractivity contribution < 1.29 is 19.1 Å². The van der Waals surface area contributed by atoms with Gasteiger partial charge in [-0.1, -0.05) is 23.7 Å². The third-order valence-corrected chi connectivity index (χ3v) is 3.85. The molecule has 0 aliphatic rings. The Morgan fingerprint density at radius 2 is 1.63 bits per heavy atom. The summed E-state index contributed by atoms with van der Waals surface area (Å²) in [5.41, 5.74) is 1.91. The molecule has 0 saturated heterocycles. The van der Waals surface area contributed by atoms with E-state index in [4.69, 9.17) is 21.1 Å². The summed E-state index contributed by atoms with van der Waals surface area (Å²) in [5, 5.41) is 1.26. The highest BCUT2D eigenvalue weighted by atomic mass is 35.5. The van der Waals surface area contributed by atoms with E-state index in [0.717, 1.165) is 5.39 Å². The van der Waals surface area contributed by atoms with Crippen molar-refractivity contribution in [3.8, 4) is 11.5 Å². The summed E-state index contributed by atoms with van der Waals surface area (Å²) in [6, 6.07) is 14.0. The second-order valence-electron chi connectivity index (χ2n) is 5.77. The van der Waals surface area contributed by atoms with Crippen LogP contribution in [0.2, 0.25) is 5.02 Å². The Morgan fingerprint density at radius 1 is 0.926 bits per heavy atom. The third-order valence-electron chi connectivity index (χ3n) is 3.61. The quantitative estimate of drug-likeness (QED) is 0.474. The van der Waals surface area contributed by atoms with Crippen LogP contribution in [0.3, 0.4) is 0 Å². The first-order valence-electron chi connectivity index (χ1n) is 8.16. The predicted octanol–water partition coefficient (Wildman–Crippen LogP) is 4.91. The first kappa shape index (κ1) is 18.6. The second-order valence-corrected chi connectivity index (χ2v) is 6.20. The van der Waals surface area contributed by atoms with Crippen molar-refractivity contribution in [1.29, 1.82) is 0 Å². The van der Waals surface area contributed by atoms with Gasteiger partial charge in [0.25, 0.3) is 0 Å². The average Bonchev–Trinajstić information content (AvgIpc) is 2.61. The van der Waals surface area contributed by atoms with Crippen LogP contribution in [-0.2, 0) is 9.59 Å². The van der Waals surface area contributed by atoms with Crippen LogP contribution in [-0.4, -0.2) is 16.9 Å².